The maximum absolute atomic E-state index is 12.8. The van der Waals surface area contributed by atoms with E-state index < -0.39 is 5.60 Å². The molecule has 26 heavy (non-hydrogen) atoms. The number of halogens is 1. The fraction of sp³-hybridized carbons (Fsp3) is 0.500. The van der Waals surface area contributed by atoms with Crippen LogP contribution in [0.4, 0.5) is 4.79 Å². The zero-order valence-electron chi connectivity index (χ0n) is 15.9. The first kappa shape index (κ1) is 19.0. The molecule has 1 aromatic carbocycles. The van der Waals surface area contributed by atoms with Gasteiger partial charge in [0.15, 0.2) is 0 Å². The first-order valence-electron chi connectivity index (χ1n) is 8.98. The van der Waals surface area contributed by atoms with Gasteiger partial charge in [0.05, 0.1) is 17.9 Å². The van der Waals surface area contributed by atoms with Gasteiger partial charge in [-0.05, 0) is 57.7 Å². The molecule has 0 aliphatic carbocycles. The second kappa shape index (κ2) is 7.06. The molecule has 0 unspecified atom stereocenters. The molecule has 0 saturated carbocycles. The highest BCUT2D eigenvalue weighted by atomic mass is 79.9. The van der Waals surface area contributed by atoms with Crippen LogP contribution in [0, 0.1) is 5.92 Å². The van der Waals surface area contributed by atoms with Crippen LogP contribution in [0.1, 0.15) is 52.9 Å². The van der Waals surface area contributed by atoms with Crippen LogP contribution in [0.2, 0.25) is 0 Å². The number of ether oxygens (including phenoxy) is 1. The molecule has 1 aromatic heterocycles. The Labute approximate surface area is 163 Å². The van der Waals surface area contributed by atoms with Gasteiger partial charge < -0.3 is 9.72 Å². The van der Waals surface area contributed by atoms with Crippen molar-refractivity contribution in [3.05, 3.63) is 40.8 Å². The van der Waals surface area contributed by atoms with Gasteiger partial charge in [0.25, 0.3) is 0 Å². The molecule has 1 aliphatic rings. The number of carbonyl (C=O) groups excluding carboxylic acids is 1. The number of amides is 1. The first-order chi connectivity index (χ1) is 12.2. The predicted molar refractivity (Wildman–Crippen MR) is 106 cm³/mol. The normalized spacial score (nSPS) is 23.3. The Kier molecular flexibility index (Phi) is 5.15. The van der Waals surface area contributed by atoms with Crippen LogP contribution in [0.3, 0.4) is 0 Å². The molecule has 2 aromatic rings. The minimum Gasteiger partial charge on any atom is -0.444 e. The summed E-state index contributed by atoms with van der Waals surface area (Å²) in [7, 11) is 0. The largest absolute Gasteiger partial charge is 0.444 e. The molecule has 1 fully saturated rings. The van der Waals surface area contributed by atoms with E-state index in [1.54, 1.807) is 0 Å². The summed E-state index contributed by atoms with van der Waals surface area (Å²) in [6.07, 6.45) is 2.42. The Balaban J connectivity index is 1.87. The van der Waals surface area contributed by atoms with Crippen molar-refractivity contribution in [2.45, 2.75) is 58.7 Å². The third-order valence-corrected chi connectivity index (χ3v) is 5.39. The SMILES string of the molecule is C[C@@H]1C[C@@H](c2ncc(-c3ccc(Br)cc3)[nH]2)N(C(=O)OC(C)(C)C)[C@@H]1C. The molecular formula is C20H26BrN3O2. The first-order valence-corrected chi connectivity index (χ1v) is 9.77. The lowest BCUT2D eigenvalue weighted by Crippen LogP contribution is -2.41. The van der Waals surface area contributed by atoms with Crippen molar-refractivity contribution >= 4 is 22.0 Å². The second-order valence-corrected chi connectivity index (χ2v) is 8.96. The Hall–Kier alpha value is -1.82. The number of benzene rings is 1. The van der Waals surface area contributed by atoms with Crippen LogP contribution in [0.25, 0.3) is 11.3 Å². The van der Waals surface area contributed by atoms with Crippen molar-refractivity contribution in [2.75, 3.05) is 0 Å². The number of rotatable bonds is 2. The van der Waals surface area contributed by atoms with Crippen molar-refractivity contribution in [1.29, 1.82) is 0 Å². The van der Waals surface area contributed by atoms with Gasteiger partial charge in [-0.25, -0.2) is 9.78 Å². The van der Waals surface area contributed by atoms with Gasteiger partial charge in [0.1, 0.15) is 11.4 Å². The van der Waals surface area contributed by atoms with E-state index in [4.69, 9.17) is 4.74 Å². The van der Waals surface area contributed by atoms with Gasteiger partial charge in [-0.1, -0.05) is 35.0 Å². The average molecular weight is 420 g/mol. The van der Waals surface area contributed by atoms with E-state index in [-0.39, 0.29) is 18.2 Å². The number of carbonyl (C=O) groups is 1. The van der Waals surface area contributed by atoms with Crippen molar-refractivity contribution in [2.24, 2.45) is 5.92 Å². The van der Waals surface area contributed by atoms with Crippen LogP contribution in [-0.4, -0.2) is 32.6 Å². The van der Waals surface area contributed by atoms with Gasteiger partial charge in [-0.15, -0.1) is 0 Å². The van der Waals surface area contributed by atoms with Crippen LogP contribution in [0.15, 0.2) is 34.9 Å². The van der Waals surface area contributed by atoms with Gasteiger partial charge in [-0.3, -0.25) is 4.90 Å². The smallest absolute Gasteiger partial charge is 0.411 e. The molecule has 0 spiro atoms. The van der Waals surface area contributed by atoms with E-state index in [1.165, 1.54) is 0 Å². The van der Waals surface area contributed by atoms with E-state index in [9.17, 15) is 4.79 Å². The number of imidazole rings is 1. The minimum atomic E-state index is -0.515. The van der Waals surface area contributed by atoms with E-state index in [1.807, 2.05) is 56.1 Å². The summed E-state index contributed by atoms with van der Waals surface area (Å²) >= 11 is 3.45. The Morgan fingerprint density at radius 1 is 1.27 bits per heavy atom. The Morgan fingerprint density at radius 3 is 2.54 bits per heavy atom. The molecule has 1 N–H and O–H groups in total. The second-order valence-electron chi connectivity index (χ2n) is 8.05. The number of aromatic amines is 1. The van der Waals surface area contributed by atoms with Crippen LogP contribution in [0.5, 0.6) is 0 Å². The topological polar surface area (TPSA) is 58.2 Å². The molecular weight excluding hydrogens is 394 g/mol. The lowest BCUT2D eigenvalue weighted by atomic mass is 10.0. The fourth-order valence-corrected chi connectivity index (χ4v) is 3.62. The van der Waals surface area contributed by atoms with Crippen molar-refractivity contribution in [1.82, 2.24) is 14.9 Å². The maximum atomic E-state index is 12.8. The number of nitrogens with zero attached hydrogens (tertiary/aromatic N) is 2. The molecule has 140 valence electrons. The van der Waals surface area contributed by atoms with Gasteiger partial charge in [0, 0.05) is 10.5 Å². The number of hydrogen-bond donors (Lipinski definition) is 1. The summed E-state index contributed by atoms with van der Waals surface area (Å²) in [4.78, 5) is 22.6. The quantitative estimate of drug-likeness (QED) is 0.694. The highest BCUT2D eigenvalue weighted by Crippen LogP contribution is 2.40. The van der Waals surface area contributed by atoms with E-state index >= 15 is 0 Å². The molecule has 5 nitrogen and oxygen atoms in total. The summed E-state index contributed by atoms with van der Waals surface area (Å²) in [5.74, 6) is 1.19. The zero-order chi connectivity index (χ0) is 19.1. The third kappa shape index (κ3) is 3.95. The van der Waals surface area contributed by atoms with Crippen molar-refractivity contribution in [3.8, 4) is 11.3 Å². The molecule has 1 amide bonds. The lowest BCUT2D eigenvalue weighted by molar-refractivity contribution is 0.0140. The average Bonchev–Trinajstić information content (AvgIpc) is 3.12. The summed E-state index contributed by atoms with van der Waals surface area (Å²) in [6, 6.07) is 8.08. The molecule has 1 saturated heterocycles. The predicted octanol–water partition coefficient (Wildman–Crippen LogP) is 5.55. The molecule has 3 atom stereocenters. The Bertz CT molecular complexity index is 779. The van der Waals surface area contributed by atoms with E-state index in [0.717, 1.165) is 28.0 Å². The van der Waals surface area contributed by atoms with Gasteiger partial charge in [-0.2, -0.15) is 0 Å². The third-order valence-electron chi connectivity index (χ3n) is 4.86. The van der Waals surface area contributed by atoms with Gasteiger partial charge >= 0.3 is 6.09 Å². The minimum absolute atomic E-state index is 0.0981. The summed E-state index contributed by atoms with van der Waals surface area (Å²) < 4.78 is 6.67. The highest BCUT2D eigenvalue weighted by molar-refractivity contribution is 9.10. The summed E-state index contributed by atoms with van der Waals surface area (Å²) in [6.45, 7) is 9.92. The molecule has 0 bridgehead atoms. The van der Waals surface area contributed by atoms with Crippen LogP contribution >= 0.6 is 15.9 Å². The molecule has 1 aliphatic heterocycles. The number of nitrogens with one attached hydrogen (secondary N) is 1. The monoisotopic (exact) mass is 419 g/mol. The number of hydrogen-bond acceptors (Lipinski definition) is 3. The van der Waals surface area contributed by atoms with Crippen LogP contribution in [-0.2, 0) is 4.74 Å². The number of aromatic nitrogens is 2. The molecule has 2 heterocycles. The van der Waals surface area contributed by atoms with Crippen molar-refractivity contribution < 1.29 is 9.53 Å². The number of H-pyrrole nitrogens is 1. The van der Waals surface area contributed by atoms with E-state index in [0.29, 0.717) is 5.92 Å². The maximum Gasteiger partial charge on any atom is 0.411 e. The Morgan fingerprint density at radius 2 is 1.92 bits per heavy atom. The lowest BCUT2D eigenvalue weighted by Gasteiger charge is -2.31. The number of likely N-dealkylation sites (tertiary alicyclic amines) is 1. The zero-order valence-corrected chi connectivity index (χ0v) is 17.5. The molecule has 0 radical (unpaired) electrons. The van der Waals surface area contributed by atoms with Crippen LogP contribution < -0.4 is 0 Å². The highest BCUT2D eigenvalue weighted by Gasteiger charge is 2.43. The van der Waals surface area contributed by atoms with Crippen molar-refractivity contribution in [3.63, 3.8) is 0 Å². The van der Waals surface area contributed by atoms with E-state index in [2.05, 4.69) is 39.7 Å². The summed E-state index contributed by atoms with van der Waals surface area (Å²) in [5.41, 5.74) is 1.50. The molecule has 3 rings (SSSR count). The summed E-state index contributed by atoms with van der Waals surface area (Å²) in [5, 5.41) is 0. The standard InChI is InChI=1S/C20H26BrN3O2/c1-12-10-17(24(13(12)2)19(25)26-20(3,4)5)18-22-11-16(23-18)14-6-8-15(21)9-7-14/h6-9,11-13,17H,10H2,1-5H3,(H,22,23)/t12-,13-,17+/m1/s1. The molecule has 6 heteroatoms. The van der Waals surface area contributed by atoms with Gasteiger partial charge in [0.2, 0.25) is 0 Å². The fourth-order valence-electron chi connectivity index (χ4n) is 3.35.